The van der Waals surface area contributed by atoms with E-state index in [1.165, 1.54) is 72.3 Å². The summed E-state index contributed by atoms with van der Waals surface area (Å²) in [4.78, 5) is 5.44. The minimum absolute atomic E-state index is 0.191. The quantitative estimate of drug-likeness (QED) is 0.142. The second-order valence-electron chi connectivity index (χ2n) is 31.7. The van der Waals surface area contributed by atoms with Crippen LogP contribution < -0.4 is 26.2 Å². The van der Waals surface area contributed by atoms with Crippen molar-refractivity contribution in [3.8, 4) is 66.8 Å². The van der Waals surface area contributed by atoms with Gasteiger partial charge in [-0.3, -0.25) is 0 Å². The Labute approximate surface area is 582 Å². The molecule has 2 aliphatic rings. The summed E-state index contributed by atoms with van der Waals surface area (Å²) in [5.74, 6) is 0. The van der Waals surface area contributed by atoms with Crippen LogP contribution in [0.15, 0.2) is 282 Å². The maximum Gasteiger partial charge on any atom is 0.252 e. The van der Waals surface area contributed by atoms with Crippen LogP contribution in [0.5, 0.6) is 0 Å². The standard InChI is InChI=1S/C94H81BN2O2/c1-91(2,3)65-42-44-78-80(56-65)96(88-71(58-29-17-13-18-30-58)52-67(93(7,8)9)53-72(88)59-31-19-14-20-32-59)82-50-64(63-48-75(90-77(49-63)70-38-26-28-40-85(70)99-90)62-41-46-86-76(47-62)69-37-25-27-39-84(69)98-86)51-83-87(82)95(78)79-45-43-66(92(4,5)6)57-81(79)97(83)89-73(60-33-21-15-22-34-60)54-68(94(10,11)12)55-74(89)61-35-23-16-24-36-61/h13-57H,1-12H3. The molecule has 15 aromatic rings. The number of nitrogens with zero attached hydrogens (tertiary/aromatic N) is 2. The molecule has 0 unspecified atom stereocenters. The summed E-state index contributed by atoms with van der Waals surface area (Å²) >= 11 is 0. The Morgan fingerprint density at radius 2 is 0.616 bits per heavy atom. The first-order valence-corrected chi connectivity index (χ1v) is 35.2. The van der Waals surface area contributed by atoms with Crippen molar-refractivity contribution < 1.29 is 8.83 Å². The predicted molar refractivity (Wildman–Crippen MR) is 422 cm³/mol. The van der Waals surface area contributed by atoms with E-state index in [0.29, 0.717) is 0 Å². The van der Waals surface area contributed by atoms with Gasteiger partial charge in [-0.15, -0.1) is 0 Å². The minimum Gasteiger partial charge on any atom is -0.456 e. The van der Waals surface area contributed by atoms with Gasteiger partial charge in [0.25, 0.3) is 6.71 Å². The monoisotopic (exact) mass is 1280 g/mol. The van der Waals surface area contributed by atoms with Crippen molar-refractivity contribution >= 4 is 101 Å². The Kier molecular flexibility index (Phi) is 14.2. The number of hydrogen-bond donors (Lipinski definition) is 0. The molecule has 17 rings (SSSR count). The van der Waals surface area contributed by atoms with Crippen molar-refractivity contribution in [2.45, 2.75) is 105 Å². The molecule has 0 bridgehead atoms. The molecule has 0 aliphatic carbocycles. The average molecular weight is 1280 g/mol. The third-order valence-corrected chi connectivity index (χ3v) is 21.0. The van der Waals surface area contributed by atoms with Crippen LogP contribution in [-0.4, -0.2) is 6.71 Å². The molecule has 2 aromatic heterocycles. The van der Waals surface area contributed by atoms with E-state index < -0.39 is 0 Å². The van der Waals surface area contributed by atoms with Gasteiger partial charge in [-0.25, -0.2) is 0 Å². The van der Waals surface area contributed by atoms with Crippen LogP contribution in [-0.2, 0) is 21.7 Å². The molecular formula is C94H81BN2O2. The lowest BCUT2D eigenvalue weighted by atomic mass is 9.33. The van der Waals surface area contributed by atoms with E-state index in [1.807, 2.05) is 6.07 Å². The van der Waals surface area contributed by atoms with Crippen LogP contribution in [0.25, 0.3) is 111 Å². The molecule has 0 radical (unpaired) electrons. The average Bonchev–Trinajstić information content (AvgIpc) is 1.19. The van der Waals surface area contributed by atoms with Crippen molar-refractivity contribution in [1.29, 1.82) is 0 Å². The number of anilines is 6. The highest BCUT2D eigenvalue weighted by atomic mass is 16.3. The molecule has 0 fully saturated rings. The van der Waals surface area contributed by atoms with Gasteiger partial charge in [0.1, 0.15) is 22.3 Å². The van der Waals surface area contributed by atoms with E-state index in [1.54, 1.807) is 0 Å². The predicted octanol–water partition coefficient (Wildman–Crippen LogP) is 24.8. The Morgan fingerprint density at radius 3 is 1.04 bits per heavy atom. The molecule has 0 atom stereocenters. The topological polar surface area (TPSA) is 32.8 Å². The van der Waals surface area contributed by atoms with Gasteiger partial charge in [0.15, 0.2) is 0 Å². The first-order valence-electron chi connectivity index (χ1n) is 35.2. The van der Waals surface area contributed by atoms with Crippen molar-refractivity contribution in [1.82, 2.24) is 0 Å². The lowest BCUT2D eigenvalue weighted by molar-refractivity contribution is 0.590. The smallest absolute Gasteiger partial charge is 0.252 e. The molecule has 5 heteroatoms. The number of benzene rings is 13. The van der Waals surface area contributed by atoms with Crippen LogP contribution in [0.1, 0.15) is 105 Å². The van der Waals surface area contributed by atoms with Crippen molar-refractivity contribution in [2.75, 3.05) is 9.80 Å². The van der Waals surface area contributed by atoms with Crippen LogP contribution in [0.2, 0.25) is 0 Å². The van der Waals surface area contributed by atoms with E-state index in [-0.39, 0.29) is 28.4 Å². The SMILES string of the molecule is CC(C)(C)c1cc(-c2ccccc2)c(N2c3cc(C(C)(C)C)ccc3B3c4ccc(C(C)(C)C)cc4N(c4c(-c5ccccc5)cc(C(C)(C)C)cc4-c4ccccc4)c4cc(-c5cc(-c6ccc7oc8ccccc8c7c6)c6oc7ccccc7c6c5)cc2c43)c(-c2ccccc2)c1. The fourth-order valence-corrected chi connectivity index (χ4v) is 15.6. The summed E-state index contributed by atoms with van der Waals surface area (Å²) < 4.78 is 13.6. The molecule has 0 saturated carbocycles. The summed E-state index contributed by atoms with van der Waals surface area (Å²) in [6, 6.07) is 103. The lowest BCUT2D eigenvalue weighted by Gasteiger charge is -2.46. The van der Waals surface area contributed by atoms with Gasteiger partial charge in [-0.05, 0) is 184 Å². The van der Waals surface area contributed by atoms with Gasteiger partial charge in [0.05, 0.1) is 11.4 Å². The Balaban J connectivity index is 1.08. The first kappa shape index (κ1) is 61.7. The van der Waals surface area contributed by atoms with E-state index in [9.17, 15) is 0 Å². The van der Waals surface area contributed by atoms with E-state index >= 15 is 0 Å². The maximum atomic E-state index is 7.12. The molecule has 4 nitrogen and oxygen atoms in total. The Bertz CT molecular complexity index is 5360. The number of furan rings is 2. The molecule has 0 amide bonds. The first-order chi connectivity index (χ1) is 47.6. The number of rotatable bonds is 8. The normalized spacial score (nSPS) is 13.2. The molecule has 2 aliphatic heterocycles. The van der Waals surface area contributed by atoms with Gasteiger partial charge in [-0.1, -0.05) is 271 Å². The zero-order valence-corrected chi connectivity index (χ0v) is 58.8. The third-order valence-electron chi connectivity index (χ3n) is 21.0. The minimum atomic E-state index is -0.194. The van der Waals surface area contributed by atoms with Crippen LogP contribution in [0.3, 0.4) is 0 Å². The van der Waals surface area contributed by atoms with Crippen molar-refractivity contribution in [3.05, 3.63) is 295 Å². The molecule has 4 heterocycles. The summed E-state index contributed by atoms with van der Waals surface area (Å²) in [5, 5.41) is 4.27. The summed E-state index contributed by atoms with van der Waals surface area (Å²) in [7, 11) is 0. The van der Waals surface area contributed by atoms with Crippen LogP contribution in [0, 0.1) is 0 Å². The summed E-state index contributed by atoms with van der Waals surface area (Å²) in [5.41, 5.74) is 31.8. The third kappa shape index (κ3) is 10.4. The molecule has 0 saturated heterocycles. The van der Waals surface area contributed by atoms with E-state index in [4.69, 9.17) is 8.83 Å². The highest BCUT2D eigenvalue weighted by molar-refractivity contribution is 7.00. The molecular weight excluding hydrogens is 1200 g/mol. The Hall–Kier alpha value is -10.9. The zero-order valence-electron chi connectivity index (χ0n) is 58.8. The van der Waals surface area contributed by atoms with Crippen molar-refractivity contribution in [2.24, 2.45) is 0 Å². The van der Waals surface area contributed by atoms with Gasteiger partial charge in [-0.2, -0.15) is 0 Å². The van der Waals surface area contributed by atoms with Gasteiger partial charge in [0.2, 0.25) is 0 Å². The summed E-state index contributed by atoms with van der Waals surface area (Å²) in [6.07, 6.45) is 0. The van der Waals surface area contributed by atoms with Gasteiger partial charge < -0.3 is 18.6 Å². The van der Waals surface area contributed by atoms with Crippen LogP contribution in [0.4, 0.5) is 34.1 Å². The number of fused-ring (bicyclic) bond motifs is 10. The zero-order chi connectivity index (χ0) is 68.0. The highest BCUT2D eigenvalue weighted by Gasteiger charge is 2.46. The molecule has 482 valence electrons. The fourth-order valence-electron chi connectivity index (χ4n) is 15.6. The number of para-hydroxylation sites is 2. The van der Waals surface area contributed by atoms with Crippen LogP contribution >= 0.6 is 0 Å². The fraction of sp³-hybridized carbons (Fsp3) is 0.170. The van der Waals surface area contributed by atoms with E-state index in [2.05, 4.69) is 360 Å². The highest BCUT2D eigenvalue weighted by Crippen LogP contribution is 2.56. The molecule has 13 aromatic carbocycles. The maximum absolute atomic E-state index is 7.12. The molecule has 99 heavy (non-hydrogen) atoms. The van der Waals surface area contributed by atoms with Gasteiger partial charge in [0, 0.05) is 72.1 Å². The second kappa shape index (κ2) is 22.9. The Morgan fingerprint density at radius 1 is 0.253 bits per heavy atom. The lowest BCUT2D eigenvalue weighted by Crippen LogP contribution is -2.61. The number of hydrogen-bond acceptors (Lipinski definition) is 4. The van der Waals surface area contributed by atoms with E-state index in [0.717, 1.165) is 111 Å². The second-order valence-corrected chi connectivity index (χ2v) is 31.7. The molecule has 0 N–H and O–H groups in total. The molecule has 0 spiro atoms. The summed E-state index contributed by atoms with van der Waals surface area (Å²) in [6.45, 7) is 28.1. The largest absolute Gasteiger partial charge is 0.456 e. The van der Waals surface area contributed by atoms with Gasteiger partial charge >= 0.3 is 0 Å². The van der Waals surface area contributed by atoms with Crippen molar-refractivity contribution in [3.63, 3.8) is 0 Å².